The maximum atomic E-state index is 12.0. The first-order valence-electron chi connectivity index (χ1n) is 7.65. The summed E-state index contributed by atoms with van der Waals surface area (Å²) in [5.74, 6) is 0.209. The highest BCUT2D eigenvalue weighted by Crippen LogP contribution is 2.14. The van der Waals surface area contributed by atoms with Crippen molar-refractivity contribution in [1.29, 1.82) is 0 Å². The summed E-state index contributed by atoms with van der Waals surface area (Å²) >= 11 is 2.20. The van der Waals surface area contributed by atoms with Gasteiger partial charge in [-0.3, -0.25) is 9.59 Å². The predicted octanol–water partition coefficient (Wildman–Crippen LogP) is 3.45. The van der Waals surface area contributed by atoms with E-state index < -0.39 is 0 Å². The highest BCUT2D eigenvalue weighted by Gasteiger charge is 2.08. The number of benzene rings is 2. The van der Waals surface area contributed by atoms with Crippen LogP contribution in [0, 0.1) is 3.57 Å². The number of carbonyl (C=O) groups excluding carboxylic acids is 2. The predicted molar refractivity (Wildman–Crippen MR) is 102 cm³/mol. The van der Waals surface area contributed by atoms with Crippen LogP contribution >= 0.6 is 22.6 Å². The van der Waals surface area contributed by atoms with E-state index in [2.05, 4.69) is 33.2 Å². The summed E-state index contributed by atoms with van der Waals surface area (Å²) < 4.78 is 6.53. The van der Waals surface area contributed by atoms with Crippen LogP contribution in [-0.4, -0.2) is 25.0 Å². The number of hydrogen-bond acceptors (Lipinski definition) is 3. The lowest BCUT2D eigenvalue weighted by molar-refractivity contribution is -0.118. The first-order chi connectivity index (χ1) is 11.6. The molecule has 0 saturated carbocycles. The Morgan fingerprint density at radius 1 is 1.12 bits per heavy atom. The fourth-order valence-corrected chi connectivity index (χ4v) is 2.32. The monoisotopic (exact) mass is 438 g/mol. The molecule has 24 heavy (non-hydrogen) atoms. The molecule has 5 nitrogen and oxygen atoms in total. The van der Waals surface area contributed by atoms with E-state index in [-0.39, 0.29) is 18.4 Å². The maximum Gasteiger partial charge on any atom is 0.262 e. The Labute approximate surface area is 154 Å². The molecular weight excluding hydrogens is 419 g/mol. The van der Waals surface area contributed by atoms with Crippen LogP contribution < -0.4 is 15.4 Å². The fourth-order valence-electron chi connectivity index (χ4n) is 1.96. The Hall–Kier alpha value is -2.09. The second-order valence-corrected chi connectivity index (χ2v) is 6.37. The van der Waals surface area contributed by atoms with Crippen molar-refractivity contribution in [2.24, 2.45) is 0 Å². The van der Waals surface area contributed by atoms with Crippen LogP contribution in [0.25, 0.3) is 0 Å². The van der Waals surface area contributed by atoms with Crippen molar-refractivity contribution in [2.45, 2.75) is 13.3 Å². The maximum absolute atomic E-state index is 12.0. The first-order valence-corrected chi connectivity index (χ1v) is 8.73. The molecule has 2 rings (SSSR count). The summed E-state index contributed by atoms with van der Waals surface area (Å²) in [5, 5.41) is 5.53. The number of ether oxygens (including phenoxy) is 1. The quantitative estimate of drug-likeness (QED) is 0.651. The Balaban J connectivity index is 1.89. The molecular formula is C18H19IN2O3. The largest absolute Gasteiger partial charge is 0.484 e. The van der Waals surface area contributed by atoms with Crippen LogP contribution in [0.5, 0.6) is 5.75 Å². The smallest absolute Gasteiger partial charge is 0.262 e. The van der Waals surface area contributed by atoms with E-state index in [1.165, 1.54) is 0 Å². The topological polar surface area (TPSA) is 67.4 Å². The molecule has 2 N–H and O–H groups in total. The number of carbonyl (C=O) groups is 2. The molecule has 0 spiro atoms. The van der Waals surface area contributed by atoms with E-state index in [1.54, 1.807) is 24.3 Å². The van der Waals surface area contributed by atoms with E-state index >= 15 is 0 Å². The van der Waals surface area contributed by atoms with Crippen molar-refractivity contribution in [3.8, 4) is 5.75 Å². The summed E-state index contributed by atoms with van der Waals surface area (Å²) in [6.45, 7) is 2.52. The number of hydrogen-bond donors (Lipinski definition) is 2. The molecule has 0 fully saturated rings. The molecule has 0 radical (unpaired) electrons. The third kappa shape index (κ3) is 5.84. The Morgan fingerprint density at radius 2 is 1.88 bits per heavy atom. The van der Waals surface area contributed by atoms with Crippen molar-refractivity contribution >= 4 is 40.1 Å². The molecule has 6 heteroatoms. The molecule has 2 amide bonds. The number of amides is 2. The average Bonchev–Trinajstić information content (AvgIpc) is 2.59. The zero-order valence-corrected chi connectivity index (χ0v) is 15.5. The molecule has 0 heterocycles. The molecule has 0 saturated heterocycles. The van der Waals surface area contributed by atoms with E-state index in [4.69, 9.17) is 4.74 Å². The van der Waals surface area contributed by atoms with Gasteiger partial charge in [0.1, 0.15) is 5.75 Å². The van der Waals surface area contributed by atoms with Crippen LogP contribution in [0.4, 0.5) is 5.69 Å². The second-order valence-electron chi connectivity index (χ2n) is 5.13. The molecule has 126 valence electrons. The van der Waals surface area contributed by atoms with E-state index in [1.807, 2.05) is 31.2 Å². The molecule has 0 unspecified atom stereocenters. The van der Waals surface area contributed by atoms with Gasteiger partial charge in [-0.1, -0.05) is 13.0 Å². The lowest BCUT2D eigenvalue weighted by Gasteiger charge is -2.09. The van der Waals surface area contributed by atoms with Gasteiger partial charge >= 0.3 is 0 Å². The average molecular weight is 438 g/mol. The summed E-state index contributed by atoms with van der Waals surface area (Å²) in [5.41, 5.74) is 1.08. The Morgan fingerprint density at radius 3 is 2.58 bits per heavy atom. The number of anilines is 1. The molecule has 0 aromatic heterocycles. The second kappa shape index (κ2) is 9.27. The normalized spacial score (nSPS) is 10.1. The number of rotatable bonds is 7. The minimum absolute atomic E-state index is 0.0904. The zero-order chi connectivity index (χ0) is 17.4. The standard InChI is InChI=1S/C18H19IN2O3/c1-2-10-20-18(23)13-4-3-5-15(11-13)21-17(22)12-24-16-8-6-14(19)7-9-16/h3-9,11H,2,10,12H2,1H3,(H,20,23)(H,21,22). The van der Waals surface area contributed by atoms with Crippen LogP contribution in [0.3, 0.4) is 0 Å². The van der Waals surface area contributed by atoms with Gasteiger partial charge in [-0.25, -0.2) is 0 Å². The minimum Gasteiger partial charge on any atom is -0.484 e. The Kier molecular flexibility index (Phi) is 7.05. The molecule has 2 aromatic carbocycles. The van der Waals surface area contributed by atoms with Gasteiger partial charge in [-0.05, 0) is 71.5 Å². The first kappa shape index (κ1) is 18.3. The van der Waals surface area contributed by atoms with Gasteiger partial charge in [0.2, 0.25) is 0 Å². The third-order valence-corrected chi connectivity index (χ3v) is 3.85. The van der Waals surface area contributed by atoms with Crippen LogP contribution in [0.2, 0.25) is 0 Å². The van der Waals surface area contributed by atoms with Crippen LogP contribution in [-0.2, 0) is 4.79 Å². The summed E-state index contributed by atoms with van der Waals surface area (Å²) in [4.78, 5) is 23.9. The molecule has 0 aliphatic carbocycles. The van der Waals surface area contributed by atoms with Gasteiger partial charge < -0.3 is 15.4 Å². The Bertz CT molecular complexity index is 702. The van der Waals surface area contributed by atoms with Crippen LogP contribution in [0.15, 0.2) is 48.5 Å². The van der Waals surface area contributed by atoms with E-state index in [9.17, 15) is 9.59 Å². The number of nitrogens with one attached hydrogen (secondary N) is 2. The summed E-state index contributed by atoms with van der Waals surface area (Å²) in [6, 6.07) is 14.3. The molecule has 2 aromatic rings. The lowest BCUT2D eigenvalue weighted by atomic mass is 10.2. The molecule has 0 aliphatic rings. The van der Waals surface area contributed by atoms with E-state index in [0.717, 1.165) is 9.99 Å². The summed E-state index contributed by atoms with van der Waals surface area (Å²) in [7, 11) is 0. The SMILES string of the molecule is CCCNC(=O)c1cccc(NC(=O)COc2ccc(I)cc2)c1. The van der Waals surface area contributed by atoms with Gasteiger partial charge in [-0.15, -0.1) is 0 Å². The van der Waals surface area contributed by atoms with Crippen LogP contribution in [0.1, 0.15) is 23.7 Å². The van der Waals surface area contributed by atoms with Crippen molar-refractivity contribution in [2.75, 3.05) is 18.5 Å². The molecule has 0 aliphatic heterocycles. The highest BCUT2D eigenvalue weighted by molar-refractivity contribution is 14.1. The number of halogens is 1. The minimum atomic E-state index is -0.278. The van der Waals surface area contributed by atoms with Crippen molar-refractivity contribution < 1.29 is 14.3 Å². The van der Waals surface area contributed by atoms with Gasteiger partial charge in [-0.2, -0.15) is 0 Å². The highest BCUT2D eigenvalue weighted by atomic mass is 127. The van der Waals surface area contributed by atoms with Gasteiger partial charge in [0.25, 0.3) is 11.8 Å². The molecule has 0 atom stereocenters. The van der Waals surface area contributed by atoms with E-state index in [0.29, 0.717) is 23.5 Å². The van der Waals surface area contributed by atoms with Crippen molar-refractivity contribution in [1.82, 2.24) is 5.32 Å². The third-order valence-electron chi connectivity index (χ3n) is 3.13. The zero-order valence-electron chi connectivity index (χ0n) is 13.3. The van der Waals surface area contributed by atoms with Gasteiger partial charge in [0, 0.05) is 21.4 Å². The van der Waals surface area contributed by atoms with Gasteiger partial charge in [0.15, 0.2) is 6.61 Å². The fraction of sp³-hybridized carbons (Fsp3) is 0.222. The van der Waals surface area contributed by atoms with Gasteiger partial charge in [0.05, 0.1) is 0 Å². The lowest BCUT2D eigenvalue weighted by Crippen LogP contribution is -2.24. The molecule has 0 bridgehead atoms. The van der Waals surface area contributed by atoms with Crippen molar-refractivity contribution in [3.63, 3.8) is 0 Å². The van der Waals surface area contributed by atoms with Crippen molar-refractivity contribution in [3.05, 3.63) is 57.7 Å². The summed E-state index contributed by atoms with van der Waals surface area (Å²) in [6.07, 6.45) is 0.873.